The van der Waals surface area contributed by atoms with Gasteiger partial charge in [0.2, 0.25) is 0 Å². The maximum absolute atomic E-state index is 12.7. The van der Waals surface area contributed by atoms with Crippen molar-refractivity contribution < 1.29 is 14.3 Å². The minimum Gasteiger partial charge on any atom is -0.466 e. The highest BCUT2D eigenvalue weighted by atomic mass is 16.5. The molecule has 1 aliphatic heterocycles. The zero-order valence-corrected chi connectivity index (χ0v) is 18.7. The summed E-state index contributed by atoms with van der Waals surface area (Å²) in [5.74, 6) is -0.478. The quantitative estimate of drug-likeness (QED) is 0.406. The normalized spacial score (nSPS) is 21.1. The van der Waals surface area contributed by atoms with E-state index in [0.29, 0.717) is 32.5 Å². The molecule has 1 saturated carbocycles. The van der Waals surface area contributed by atoms with Crippen LogP contribution in [0.2, 0.25) is 0 Å². The second-order valence-electron chi connectivity index (χ2n) is 8.65. The van der Waals surface area contributed by atoms with E-state index in [1.54, 1.807) is 6.20 Å². The molecule has 6 nitrogen and oxygen atoms in total. The zero-order valence-electron chi connectivity index (χ0n) is 18.7. The second-order valence-corrected chi connectivity index (χ2v) is 8.65. The molecule has 0 radical (unpaired) electrons. The predicted octanol–water partition coefficient (Wildman–Crippen LogP) is 4.46. The van der Waals surface area contributed by atoms with Gasteiger partial charge in [-0.3, -0.25) is 9.59 Å². The van der Waals surface area contributed by atoms with Crippen molar-refractivity contribution in [3.8, 4) is 6.07 Å². The molecule has 0 unspecified atom stereocenters. The third-order valence-corrected chi connectivity index (χ3v) is 6.27. The van der Waals surface area contributed by atoms with Gasteiger partial charge in [-0.2, -0.15) is 5.26 Å². The Balaban J connectivity index is 1.86. The minimum absolute atomic E-state index is 0.0785. The fraction of sp³-hybridized carbons (Fsp3) is 0.792. The first-order valence-corrected chi connectivity index (χ1v) is 12.0. The Morgan fingerprint density at radius 3 is 2.00 bits per heavy atom. The van der Waals surface area contributed by atoms with Gasteiger partial charge in [0.25, 0.3) is 5.91 Å². The van der Waals surface area contributed by atoms with Crippen LogP contribution in [-0.4, -0.2) is 42.5 Å². The first kappa shape index (κ1) is 24.2. The van der Waals surface area contributed by atoms with Crippen LogP contribution >= 0.6 is 0 Å². The Bertz CT molecular complexity index is 591. The van der Waals surface area contributed by atoms with Gasteiger partial charge < -0.3 is 15.0 Å². The molecule has 0 aromatic heterocycles. The lowest BCUT2D eigenvalue weighted by molar-refractivity contribution is -0.149. The van der Waals surface area contributed by atoms with E-state index in [1.807, 2.05) is 11.8 Å². The summed E-state index contributed by atoms with van der Waals surface area (Å²) in [6.45, 7) is 3.53. The van der Waals surface area contributed by atoms with Gasteiger partial charge in [0, 0.05) is 25.3 Å². The fourth-order valence-electron chi connectivity index (χ4n) is 4.42. The molecule has 6 heteroatoms. The largest absolute Gasteiger partial charge is 0.466 e. The summed E-state index contributed by atoms with van der Waals surface area (Å²) in [7, 11) is 0. The SMILES string of the molecule is CCOC(=O)C1CCN(/C=C(/C#N)C(=O)NC2CCCCCCCCCCC2)CC1. The van der Waals surface area contributed by atoms with Crippen molar-refractivity contribution in [1.29, 1.82) is 5.26 Å². The van der Waals surface area contributed by atoms with E-state index in [-0.39, 0.29) is 29.4 Å². The van der Waals surface area contributed by atoms with Gasteiger partial charge in [-0.15, -0.1) is 0 Å². The molecular formula is C24H39N3O3. The Hall–Kier alpha value is -2.03. The van der Waals surface area contributed by atoms with E-state index < -0.39 is 0 Å². The number of hydrogen-bond donors (Lipinski definition) is 1. The average Bonchev–Trinajstić information content (AvgIpc) is 2.74. The molecule has 0 atom stereocenters. The molecule has 1 N–H and O–H groups in total. The van der Waals surface area contributed by atoms with Crippen molar-refractivity contribution in [2.24, 2.45) is 5.92 Å². The summed E-state index contributed by atoms with van der Waals surface area (Å²) < 4.78 is 5.10. The van der Waals surface area contributed by atoms with Gasteiger partial charge in [-0.05, 0) is 32.6 Å². The van der Waals surface area contributed by atoms with Crippen LogP contribution in [0, 0.1) is 17.2 Å². The highest BCUT2D eigenvalue weighted by molar-refractivity contribution is 5.97. The van der Waals surface area contributed by atoms with Crippen LogP contribution in [0.5, 0.6) is 0 Å². The molecule has 2 rings (SSSR count). The van der Waals surface area contributed by atoms with Crippen LogP contribution in [0.25, 0.3) is 0 Å². The van der Waals surface area contributed by atoms with Gasteiger partial charge in [0.05, 0.1) is 12.5 Å². The van der Waals surface area contributed by atoms with Gasteiger partial charge >= 0.3 is 5.97 Å². The summed E-state index contributed by atoms with van der Waals surface area (Å²) in [6.07, 6.45) is 16.3. The number of ether oxygens (including phenoxy) is 1. The number of rotatable bonds is 5. The number of piperidine rings is 1. The molecule has 0 aromatic carbocycles. The lowest BCUT2D eigenvalue weighted by Crippen LogP contribution is -2.37. The first-order valence-electron chi connectivity index (χ1n) is 12.0. The Kier molecular flexibility index (Phi) is 11.4. The number of carbonyl (C=O) groups is 2. The Morgan fingerprint density at radius 2 is 1.50 bits per heavy atom. The van der Waals surface area contributed by atoms with E-state index >= 15 is 0 Å². The molecule has 0 spiro atoms. The third-order valence-electron chi connectivity index (χ3n) is 6.27. The van der Waals surface area contributed by atoms with Crippen molar-refractivity contribution in [3.05, 3.63) is 11.8 Å². The second kappa shape index (κ2) is 14.1. The van der Waals surface area contributed by atoms with Crippen molar-refractivity contribution in [2.45, 2.75) is 96.4 Å². The number of amides is 1. The molecule has 2 fully saturated rings. The zero-order chi connectivity index (χ0) is 21.6. The lowest BCUT2D eigenvalue weighted by atomic mass is 9.97. The van der Waals surface area contributed by atoms with Gasteiger partial charge in [-0.25, -0.2) is 0 Å². The fourth-order valence-corrected chi connectivity index (χ4v) is 4.42. The maximum Gasteiger partial charge on any atom is 0.309 e. The van der Waals surface area contributed by atoms with Crippen molar-refractivity contribution in [3.63, 3.8) is 0 Å². The van der Waals surface area contributed by atoms with E-state index in [0.717, 1.165) is 25.7 Å². The van der Waals surface area contributed by atoms with Gasteiger partial charge in [0.15, 0.2) is 0 Å². The van der Waals surface area contributed by atoms with E-state index in [9.17, 15) is 14.9 Å². The summed E-state index contributed by atoms with van der Waals surface area (Å²) in [4.78, 5) is 26.6. The summed E-state index contributed by atoms with van der Waals surface area (Å²) in [5.41, 5.74) is 0.163. The molecular weight excluding hydrogens is 378 g/mol. The van der Waals surface area contributed by atoms with Gasteiger partial charge in [0.1, 0.15) is 11.6 Å². The minimum atomic E-state index is -0.262. The van der Waals surface area contributed by atoms with Crippen molar-refractivity contribution >= 4 is 11.9 Å². The van der Waals surface area contributed by atoms with Crippen molar-refractivity contribution in [2.75, 3.05) is 19.7 Å². The highest BCUT2D eigenvalue weighted by Crippen LogP contribution is 2.20. The maximum atomic E-state index is 12.7. The number of carbonyl (C=O) groups excluding carboxylic acids is 2. The van der Waals surface area contributed by atoms with Crippen LogP contribution in [0.4, 0.5) is 0 Å². The monoisotopic (exact) mass is 417 g/mol. The van der Waals surface area contributed by atoms with Crippen LogP contribution in [0.15, 0.2) is 11.8 Å². The lowest BCUT2D eigenvalue weighted by Gasteiger charge is -2.30. The number of hydrogen-bond acceptors (Lipinski definition) is 5. The van der Waals surface area contributed by atoms with Crippen LogP contribution in [0.3, 0.4) is 0 Å². The summed E-state index contributed by atoms with van der Waals surface area (Å²) in [6, 6.07) is 2.23. The van der Waals surface area contributed by atoms with Crippen LogP contribution in [-0.2, 0) is 14.3 Å². The molecule has 1 heterocycles. The van der Waals surface area contributed by atoms with E-state index in [4.69, 9.17) is 4.74 Å². The number of esters is 1. The Morgan fingerprint density at radius 1 is 0.967 bits per heavy atom. The number of nitrogens with one attached hydrogen (secondary N) is 1. The topological polar surface area (TPSA) is 82.4 Å². The summed E-state index contributed by atoms with van der Waals surface area (Å²) >= 11 is 0. The number of nitriles is 1. The first-order chi connectivity index (χ1) is 14.6. The molecule has 0 bridgehead atoms. The molecule has 168 valence electrons. The molecule has 1 amide bonds. The molecule has 1 aliphatic carbocycles. The third kappa shape index (κ3) is 8.77. The van der Waals surface area contributed by atoms with Crippen LogP contribution < -0.4 is 5.32 Å². The van der Waals surface area contributed by atoms with E-state index in [1.165, 1.54) is 44.9 Å². The van der Waals surface area contributed by atoms with Crippen molar-refractivity contribution in [1.82, 2.24) is 10.2 Å². The standard InChI is InChI=1S/C24H39N3O3/c1-2-30-24(29)20-14-16-27(17-15-20)19-21(18-25)23(28)26-22-12-10-8-6-4-3-5-7-9-11-13-22/h19-20,22H,2-17H2,1H3,(H,26,28)/b21-19-. The molecule has 2 aliphatic rings. The Labute approximate surface area is 182 Å². The van der Waals surface area contributed by atoms with E-state index in [2.05, 4.69) is 11.4 Å². The number of nitrogens with zero attached hydrogens (tertiary/aromatic N) is 2. The molecule has 30 heavy (non-hydrogen) atoms. The number of likely N-dealkylation sites (tertiary alicyclic amines) is 1. The highest BCUT2D eigenvalue weighted by Gasteiger charge is 2.26. The smallest absolute Gasteiger partial charge is 0.309 e. The summed E-state index contributed by atoms with van der Waals surface area (Å²) in [5, 5.41) is 12.7. The predicted molar refractivity (Wildman–Crippen MR) is 117 cm³/mol. The molecule has 1 saturated heterocycles. The van der Waals surface area contributed by atoms with Crippen LogP contribution in [0.1, 0.15) is 90.4 Å². The van der Waals surface area contributed by atoms with Gasteiger partial charge in [-0.1, -0.05) is 57.8 Å². The average molecular weight is 418 g/mol. The molecule has 0 aromatic rings.